The van der Waals surface area contributed by atoms with E-state index < -0.39 is 0 Å². The van der Waals surface area contributed by atoms with Crippen LogP contribution in [-0.2, 0) is 4.79 Å². The number of benzene rings is 1. The highest BCUT2D eigenvalue weighted by Gasteiger charge is 2.16. The highest BCUT2D eigenvalue weighted by Crippen LogP contribution is 2.14. The van der Waals surface area contributed by atoms with Gasteiger partial charge in [0.25, 0.3) is 5.91 Å². The molecule has 24 heavy (non-hydrogen) atoms. The Bertz CT molecular complexity index is 885. The van der Waals surface area contributed by atoms with Gasteiger partial charge < -0.3 is 10.6 Å². The number of pyridine rings is 1. The van der Waals surface area contributed by atoms with Gasteiger partial charge in [-0.2, -0.15) is 0 Å². The van der Waals surface area contributed by atoms with Gasteiger partial charge >= 0.3 is 0 Å². The minimum Gasteiger partial charge on any atom is -0.342 e. The molecule has 3 aromatic rings. The first-order chi connectivity index (χ1) is 11.5. The summed E-state index contributed by atoms with van der Waals surface area (Å²) in [6.07, 6.45) is 1.86. The Morgan fingerprint density at radius 2 is 1.83 bits per heavy atom. The molecule has 3 rings (SSSR count). The van der Waals surface area contributed by atoms with E-state index in [1.165, 1.54) is 6.92 Å². The lowest BCUT2D eigenvalue weighted by Gasteiger charge is -2.12. The highest BCUT2D eigenvalue weighted by atomic mass is 16.2. The largest absolute Gasteiger partial charge is 0.342 e. The maximum absolute atomic E-state index is 12.4. The molecule has 0 fully saturated rings. The monoisotopic (exact) mass is 323 g/mol. The number of hydrogen-bond acceptors (Lipinski definition) is 4. The second-order valence-corrected chi connectivity index (χ2v) is 5.44. The number of hydrogen-bond donors (Lipinski definition) is 2. The van der Waals surface area contributed by atoms with Crippen molar-refractivity contribution in [3.05, 3.63) is 60.0 Å². The van der Waals surface area contributed by atoms with Crippen molar-refractivity contribution in [2.75, 3.05) is 5.32 Å². The Labute approximate surface area is 138 Å². The van der Waals surface area contributed by atoms with E-state index in [1.54, 1.807) is 24.3 Å². The van der Waals surface area contributed by atoms with E-state index in [9.17, 15) is 9.59 Å². The molecule has 2 amide bonds. The van der Waals surface area contributed by atoms with Crippen LogP contribution in [0.5, 0.6) is 0 Å². The average Bonchev–Trinajstić information content (AvgIpc) is 2.99. The van der Waals surface area contributed by atoms with Gasteiger partial charge in [-0.1, -0.05) is 6.07 Å². The molecule has 7 nitrogen and oxygen atoms in total. The predicted octanol–water partition coefficient (Wildman–Crippen LogP) is 2.18. The third kappa shape index (κ3) is 3.24. The van der Waals surface area contributed by atoms with E-state index in [0.717, 1.165) is 5.65 Å². The lowest BCUT2D eigenvalue weighted by Crippen LogP contribution is -2.28. The SMILES string of the molecule is CC(=O)Nc1ccc(C(=O)NC(C)c2nnc3ccccn23)cc1. The van der Waals surface area contributed by atoms with Crippen LogP contribution >= 0.6 is 0 Å². The third-order valence-corrected chi connectivity index (χ3v) is 3.54. The number of carbonyl (C=O) groups excluding carboxylic acids is 2. The molecule has 0 radical (unpaired) electrons. The zero-order chi connectivity index (χ0) is 17.1. The smallest absolute Gasteiger partial charge is 0.251 e. The number of amides is 2. The highest BCUT2D eigenvalue weighted by molar-refractivity contribution is 5.95. The fourth-order valence-corrected chi connectivity index (χ4v) is 2.41. The molecule has 1 atom stereocenters. The fraction of sp³-hybridized carbons (Fsp3) is 0.176. The maximum atomic E-state index is 12.4. The summed E-state index contributed by atoms with van der Waals surface area (Å²) in [5, 5.41) is 13.8. The van der Waals surface area contributed by atoms with Crippen molar-refractivity contribution in [1.82, 2.24) is 19.9 Å². The van der Waals surface area contributed by atoms with Crippen LogP contribution in [0.15, 0.2) is 48.7 Å². The van der Waals surface area contributed by atoms with Crippen molar-refractivity contribution in [2.24, 2.45) is 0 Å². The van der Waals surface area contributed by atoms with E-state index in [2.05, 4.69) is 20.8 Å². The van der Waals surface area contributed by atoms with Gasteiger partial charge in [0.1, 0.15) is 0 Å². The number of aromatic nitrogens is 3. The van der Waals surface area contributed by atoms with Crippen LogP contribution in [0.3, 0.4) is 0 Å². The summed E-state index contributed by atoms with van der Waals surface area (Å²) in [6.45, 7) is 3.29. The maximum Gasteiger partial charge on any atom is 0.251 e. The van der Waals surface area contributed by atoms with Gasteiger partial charge in [-0.05, 0) is 43.3 Å². The number of fused-ring (bicyclic) bond motifs is 1. The Hall–Kier alpha value is -3.22. The Morgan fingerprint density at radius 3 is 2.54 bits per heavy atom. The van der Waals surface area contributed by atoms with Gasteiger partial charge in [0, 0.05) is 24.4 Å². The summed E-state index contributed by atoms with van der Waals surface area (Å²) in [7, 11) is 0. The summed E-state index contributed by atoms with van der Waals surface area (Å²) in [4.78, 5) is 23.4. The zero-order valence-electron chi connectivity index (χ0n) is 13.4. The van der Waals surface area contributed by atoms with Crippen molar-refractivity contribution in [1.29, 1.82) is 0 Å². The first-order valence-electron chi connectivity index (χ1n) is 7.53. The van der Waals surface area contributed by atoms with Gasteiger partial charge in [0.2, 0.25) is 5.91 Å². The van der Waals surface area contributed by atoms with Gasteiger partial charge in [-0.25, -0.2) is 0 Å². The molecule has 0 aliphatic rings. The molecule has 1 aromatic carbocycles. The molecule has 7 heteroatoms. The molecule has 0 bridgehead atoms. The lowest BCUT2D eigenvalue weighted by molar-refractivity contribution is -0.114. The molecule has 0 saturated carbocycles. The third-order valence-electron chi connectivity index (χ3n) is 3.54. The van der Waals surface area contributed by atoms with Gasteiger partial charge in [0.05, 0.1) is 6.04 Å². The van der Waals surface area contributed by atoms with Crippen molar-refractivity contribution in [3.63, 3.8) is 0 Å². The molecule has 0 saturated heterocycles. The van der Waals surface area contributed by atoms with E-state index in [-0.39, 0.29) is 17.9 Å². The summed E-state index contributed by atoms with van der Waals surface area (Å²) in [5.41, 5.74) is 1.88. The Balaban J connectivity index is 1.73. The van der Waals surface area contributed by atoms with Crippen molar-refractivity contribution < 1.29 is 9.59 Å². The van der Waals surface area contributed by atoms with Crippen molar-refractivity contribution in [2.45, 2.75) is 19.9 Å². The summed E-state index contributed by atoms with van der Waals surface area (Å²) < 4.78 is 1.84. The van der Waals surface area contributed by atoms with Crippen LogP contribution in [-0.4, -0.2) is 26.4 Å². The molecule has 2 heterocycles. The van der Waals surface area contributed by atoms with Crippen LogP contribution in [0.25, 0.3) is 5.65 Å². The number of nitrogens with zero attached hydrogens (tertiary/aromatic N) is 3. The minimum atomic E-state index is -0.301. The van der Waals surface area contributed by atoms with Gasteiger partial charge in [-0.15, -0.1) is 10.2 Å². The summed E-state index contributed by atoms with van der Waals surface area (Å²) >= 11 is 0. The molecule has 0 spiro atoms. The number of anilines is 1. The molecule has 2 N–H and O–H groups in total. The van der Waals surface area contributed by atoms with Gasteiger partial charge in [0.15, 0.2) is 11.5 Å². The molecular formula is C17H17N5O2. The van der Waals surface area contributed by atoms with Gasteiger partial charge in [-0.3, -0.25) is 14.0 Å². The Kier molecular flexibility index (Phi) is 4.24. The number of carbonyl (C=O) groups is 2. The quantitative estimate of drug-likeness (QED) is 0.770. The standard InChI is InChI=1S/C17H17N5O2/c1-11(16-21-20-15-5-3-4-10-22(15)16)18-17(24)13-6-8-14(9-7-13)19-12(2)23/h3-11H,1-2H3,(H,18,24)(H,19,23). The first-order valence-corrected chi connectivity index (χ1v) is 7.53. The molecule has 0 aliphatic heterocycles. The predicted molar refractivity (Wildman–Crippen MR) is 89.6 cm³/mol. The molecule has 0 aliphatic carbocycles. The fourth-order valence-electron chi connectivity index (χ4n) is 2.41. The molecular weight excluding hydrogens is 306 g/mol. The zero-order valence-corrected chi connectivity index (χ0v) is 13.4. The average molecular weight is 323 g/mol. The second kappa shape index (κ2) is 6.49. The molecule has 1 unspecified atom stereocenters. The van der Waals surface area contributed by atoms with E-state index in [1.807, 2.05) is 35.7 Å². The van der Waals surface area contributed by atoms with Crippen LogP contribution in [0.4, 0.5) is 5.69 Å². The minimum absolute atomic E-state index is 0.153. The second-order valence-electron chi connectivity index (χ2n) is 5.44. The van der Waals surface area contributed by atoms with Crippen molar-refractivity contribution >= 4 is 23.1 Å². The van der Waals surface area contributed by atoms with Crippen LogP contribution in [0.1, 0.15) is 36.1 Å². The number of rotatable bonds is 4. The normalized spacial score (nSPS) is 11.9. The topological polar surface area (TPSA) is 88.4 Å². The van der Waals surface area contributed by atoms with Crippen LogP contribution in [0.2, 0.25) is 0 Å². The summed E-state index contributed by atoms with van der Waals surface area (Å²) in [5.74, 6) is 0.290. The lowest BCUT2D eigenvalue weighted by atomic mass is 10.1. The van der Waals surface area contributed by atoms with Crippen LogP contribution in [0, 0.1) is 0 Å². The molecule has 122 valence electrons. The molecule has 2 aromatic heterocycles. The first kappa shape index (κ1) is 15.7. The number of nitrogens with one attached hydrogen (secondary N) is 2. The van der Waals surface area contributed by atoms with E-state index in [4.69, 9.17) is 0 Å². The van der Waals surface area contributed by atoms with E-state index in [0.29, 0.717) is 17.1 Å². The van der Waals surface area contributed by atoms with Crippen molar-refractivity contribution in [3.8, 4) is 0 Å². The van der Waals surface area contributed by atoms with E-state index >= 15 is 0 Å². The Morgan fingerprint density at radius 1 is 1.08 bits per heavy atom. The van der Waals surface area contributed by atoms with Crippen LogP contribution < -0.4 is 10.6 Å². The summed E-state index contributed by atoms with van der Waals surface area (Å²) in [6, 6.07) is 12.0.